The maximum absolute atomic E-state index is 12.5. The number of carbonyl (C=O) groups excluding carboxylic acids is 2. The summed E-state index contributed by atoms with van der Waals surface area (Å²) in [6.07, 6.45) is 0.850. The van der Waals surface area contributed by atoms with Crippen LogP contribution in [0.2, 0.25) is 0 Å². The summed E-state index contributed by atoms with van der Waals surface area (Å²) in [7, 11) is 2.94. The zero-order chi connectivity index (χ0) is 14.7. The average Bonchev–Trinajstić information content (AvgIpc) is 2.47. The molecule has 1 aliphatic rings. The summed E-state index contributed by atoms with van der Waals surface area (Å²) in [6, 6.07) is 3.27. The number of nitrogens with zero attached hydrogens (tertiary/aromatic N) is 1. The molecule has 0 bridgehead atoms. The van der Waals surface area contributed by atoms with E-state index < -0.39 is 0 Å². The van der Waals surface area contributed by atoms with Crippen molar-refractivity contribution in [2.75, 3.05) is 20.8 Å². The van der Waals surface area contributed by atoms with Crippen molar-refractivity contribution in [2.24, 2.45) is 4.99 Å². The smallest absolute Gasteiger partial charge is 0.211 e. The molecule has 0 saturated carbocycles. The second-order valence-electron chi connectivity index (χ2n) is 4.48. The minimum Gasteiger partial charge on any atom is -0.496 e. The molecule has 0 spiro atoms. The van der Waals surface area contributed by atoms with Crippen LogP contribution in [-0.4, -0.2) is 38.0 Å². The van der Waals surface area contributed by atoms with Crippen LogP contribution in [0.25, 0.3) is 0 Å². The van der Waals surface area contributed by atoms with E-state index in [4.69, 9.17) is 9.47 Å². The number of fused-ring (bicyclic) bond motifs is 1. The second kappa shape index (κ2) is 5.86. The zero-order valence-corrected chi connectivity index (χ0v) is 11.9. The van der Waals surface area contributed by atoms with Crippen LogP contribution in [0, 0.1) is 0 Å². The maximum Gasteiger partial charge on any atom is 0.211 e. The Kier molecular flexibility index (Phi) is 4.17. The monoisotopic (exact) mass is 275 g/mol. The first-order chi connectivity index (χ1) is 9.63. The van der Waals surface area contributed by atoms with Gasteiger partial charge in [0.25, 0.3) is 0 Å². The summed E-state index contributed by atoms with van der Waals surface area (Å²) < 4.78 is 10.4. The molecule has 0 unspecified atom stereocenters. The van der Waals surface area contributed by atoms with Crippen molar-refractivity contribution in [1.29, 1.82) is 0 Å². The predicted molar refractivity (Wildman–Crippen MR) is 75.4 cm³/mol. The molecule has 0 aliphatic heterocycles. The Hall–Kier alpha value is -2.17. The van der Waals surface area contributed by atoms with Gasteiger partial charge in [-0.05, 0) is 18.6 Å². The average molecular weight is 275 g/mol. The number of rotatable bonds is 4. The van der Waals surface area contributed by atoms with E-state index in [1.807, 2.05) is 6.92 Å². The lowest BCUT2D eigenvalue weighted by Gasteiger charge is -2.20. The van der Waals surface area contributed by atoms with E-state index in [9.17, 15) is 9.59 Å². The van der Waals surface area contributed by atoms with Gasteiger partial charge >= 0.3 is 0 Å². The van der Waals surface area contributed by atoms with Gasteiger partial charge in [0.05, 0.1) is 37.5 Å². The summed E-state index contributed by atoms with van der Waals surface area (Å²) >= 11 is 0. The number of ketones is 2. The number of hydrogen-bond donors (Lipinski definition) is 0. The van der Waals surface area contributed by atoms with Crippen molar-refractivity contribution in [3.63, 3.8) is 0 Å². The molecule has 0 N–H and O–H groups in total. The van der Waals surface area contributed by atoms with Gasteiger partial charge < -0.3 is 9.47 Å². The van der Waals surface area contributed by atoms with Crippen LogP contribution in [0.5, 0.6) is 11.5 Å². The van der Waals surface area contributed by atoms with Gasteiger partial charge in [-0.25, -0.2) is 0 Å². The Morgan fingerprint density at radius 1 is 1.10 bits per heavy atom. The molecule has 0 heterocycles. The molecule has 1 aromatic carbocycles. The number of methoxy groups -OCH3 is 2. The topological polar surface area (TPSA) is 65.0 Å². The van der Waals surface area contributed by atoms with Crippen molar-refractivity contribution in [3.05, 3.63) is 23.3 Å². The van der Waals surface area contributed by atoms with Crippen molar-refractivity contribution in [2.45, 2.75) is 19.8 Å². The molecule has 1 aromatic rings. The molecule has 0 fully saturated rings. The molecule has 20 heavy (non-hydrogen) atoms. The van der Waals surface area contributed by atoms with E-state index in [1.165, 1.54) is 14.2 Å². The first kappa shape index (κ1) is 14.2. The van der Waals surface area contributed by atoms with Crippen molar-refractivity contribution in [3.8, 4) is 11.5 Å². The molecule has 0 saturated heterocycles. The minimum absolute atomic E-state index is 0.0232. The van der Waals surface area contributed by atoms with Crippen molar-refractivity contribution in [1.82, 2.24) is 0 Å². The first-order valence-electron chi connectivity index (χ1n) is 6.50. The molecule has 2 rings (SSSR count). The molecular formula is C15H17NO4. The third kappa shape index (κ3) is 2.31. The van der Waals surface area contributed by atoms with Gasteiger partial charge in [0, 0.05) is 6.54 Å². The lowest BCUT2D eigenvalue weighted by atomic mass is 9.86. The van der Waals surface area contributed by atoms with Gasteiger partial charge in [-0.2, -0.15) is 0 Å². The quantitative estimate of drug-likeness (QED) is 0.846. The molecule has 0 amide bonds. The number of ether oxygens (including phenoxy) is 2. The molecular weight excluding hydrogens is 258 g/mol. The van der Waals surface area contributed by atoms with Crippen LogP contribution >= 0.6 is 0 Å². The lowest BCUT2D eigenvalue weighted by Crippen LogP contribution is -2.28. The Bertz CT molecular complexity index is 590. The summed E-state index contributed by atoms with van der Waals surface area (Å²) in [5.74, 6) is 0.366. The molecule has 5 nitrogen and oxygen atoms in total. The van der Waals surface area contributed by atoms with Gasteiger partial charge in [0.2, 0.25) is 5.78 Å². The summed E-state index contributed by atoms with van der Waals surface area (Å²) in [4.78, 5) is 29.0. The van der Waals surface area contributed by atoms with Crippen LogP contribution in [0.1, 0.15) is 40.5 Å². The number of Topliss-reactive ketones (excluding diaryl/α,β-unsaturated/α-hetero) is 2. The SMILES string of the molecule is CCCN=C1CC(=O)c2c(OC)ccc(OC)c2C1=O. The Labute approximate surface area is 117 Å². The summed E-state index contributed by atoms with van der Waals surface area (Å²) in [6.45, 7) is 2.51. The number of benzene rings is 1. The Morgan fingerprint density at radius 3 is 2.25 bits per heavy atom. The second-order valence-corrected chi connectivity index (χ2v) is 4.48. The van der Waals surface area contributed by atoms with Crippen LogP contribution in [0.3, 0.4) is 0 Å². The largest absolute Gasteiger partial charge is 0.496 e. The fraction of sp³-hybridized carbons (Fsp3) is 0.400. The third-order valence-electron chi connectivity index (χ3n) is 3.19. The van der Waals surface area contributed by atoms with Gasteiger partial charge in [0.15, 0.2) is 5.78 Å². The van der Waals surface area contributed by atoms with Crippen molar-refractivity contribution >= 4 is 17.3 Å². The molecule has 5 heteroatoms. The predicted octanol–water partition coefficient (Wildman–Crippen LogP) is 2.32. The molecule has 1 aliphatic carbocycles. The van der Waals surface area contributed by atoms with E-state index in [-0.39, 0.29) is 23.6 Å². The zero-order valence-electron chi connectivity index (χ0n) is 11.9. The first-order valence-corrected chi connectivity index (χ1v) is 6.50. The maximum atomic E-state index is 12.5. The highest BCUT2D eigenvalue weighted by Crippen LogP contribution is 2.35. The lowest BCUT2D eigenvalue weighted by molar-refractivity contribution is 0.0959. The molecule has 0 aromatic heterocycles. The minimum atomic E-state index is -0.246. The third-order valence-corrected chi connectivity index (χ3v) is 3.19. The molecule has 106 valence electrons. The number of hydrogen-bond acceptors (Lipinski definition) is 5. The van der Waals surface area contributed by atoms with E-state index in [0.29, 0.717) is 29.3 Å². The van der Waals surface area contributed by atoms with Crippen LogP contribution in [0.15, 0.2) is 17.1 Å². The van der Waals surface area contributed by atoms with Crippen LogP contribution in [0.4, 0.5) is 0 Å². The standard InChI is InChI=1S/C15H17NO4/c1-4-7-16-9-8-10(17)13-11(19-2)5-6-12(20-3)14(13)15(9)18/h5-6H,4,7-8H2,1-3H3. The van der Waals surface area contributed by atoms with Gasteiger partial charge in [-0.1, -0.05) is 6.92 Å². The van der Waals surface area contributed by atoms with E-state index >= 15 is 0 Å². The van der Waals surface area contributed by atoms with E-state index in [2.05, 4.69) is 4.99 Å². The van der Waals surface area contributed by atoms with E-state index in [1.54, 1.807) is 12.1 Å². The van der Waals surface area contributed by atoms with Crippen LogP contribution in [-0.2, 0) is 0 Å². The highest BCUT2D eigenvalue weighted by molar-refractivity contribution is 6.53. The number of aliphatic imine (C=N–C) groups is 1. The highest BCUT2D eigenvalue weighted by atomic mass is 16.5. The van der Waals surface area contributed by atoms with Crippen LogP contribution < -0.4 is 9.47 Å². The van der Waals surface area contributed by atoms with Gasteiger partial charge in [-0.15, -0.1) is 0 Å². The Morgan fingerprint density at radius 2 is 1.70 bits per heavy atom. The molecule has 0 radical (unpaired) electrons. The number of carbonyl (C=O) groups is 2. The summed E-state index contributed by atoms with van der Waals surface area (Å²) in [5, 5.41) is 0. The highest BCUT2D eigenvalue weighted by Gasteiger charge is 2.34. The normalized spacial score (nSPS) is 16.2. The van der Waals surface area contributed by atoms with Gasteiger partial charge in [-0.3, -0.25) is 14.6 Å². The fourth-order valence-electron chi connectivity index (χ4n) is 2.25. The van der Waals surface area contributed by atoms with E-state index in [0.717, 1.165) is 6.42 Å². The molecule has 0 atom stereocenters. The summed E-state index contributed by atoms with van der Waals surface area (Å²) in [5.41, 5.74) is 0.862. The Balaban J connectivity index is 2.62. The van der Waals surface area contributed by atoms with Crippen molar-refractivity contribution < 1.29 is 19.1 Å². The fourth-order valence-corrected chi connectivity index (χ4v) is 2.25. The van der Waals surface area contributed by atoms with Gasteiger partial charge in [0.1, 0.15) is 11.5 Å².